The number of nitrogens with zero attached hydrogens (tertiary/aromatic N) is 3. The molecule has 4 heteroatoms. The molecule has 1 fully saturated rings. The van der Waals surface area contributed by atoms with Gasteiger partial charge in [-0.3, -0.25) is 9.58 Å². The Balaban J connectivity index is 2.14. The monoisotopic (exact) mass is 236 g/mol. The molecular formula is C13H24N4. The van der Waals surface area contributed by atoms with Crippen molar-refractivity contribution < 1.29 is 0 Å². The second kappa shape index (κ2) is 5.19. The van der Waals surface area contributed by atoms with Crippen LogP contribution in [-0.4, -0.2) is 34.3 Å². The van der Waals surface area contributed by atoms with Crippen molar-refractivity contribution in [2.24, 2.45) is 18.7 Å². The first-order valence-corrected chi connectivity index (χ1v) is 6.60. The van der Waals surface area contributed by atoms with E-state index in [9.17, 15) is 0 Å². The van der Waals surface area contributed by atoms with Crippen LogP contribution in [0.5, 0.6) is 0 Å². The molecule has 0 spiro atoms. The number of aromatic nitrogens is 2. The molecule has 0 bridgehead atoms. The lowest BCUT2D eigenvalue weighted by molar-refractivity contribution is 0.240. The minimum Gasteiger partial charge on any atom is -0.329 e. The average Bonchev–Trinajstić information content (AvgIpc) is 2.88. The molecule has 4 nitrogen and oxygen atoms in total. The molecule has 1 aliphatic heterocycles. The Morgan fingerprint density at radius 1 is 1.59 bits per heavy atom. The quantitative estimate of drug-likeness (QED) is 0.861. The van der Waals surface area contributed by atoms with Gasteiger partial charge in [0.1, 0.15) is 0 Å². The first kappa shape index (κ1) is 12.6. The number of likely N-dealkylation sites (tertiary alicyclic amines) is 1. The summed E-state index contributed by atoms with van der Waals surface area (Å²) in [5.74, 6) is 0.848. The van der Waals surface area contributed by atoms with E-state index in [0.29, 0.717) is 12.6 Å². The van der Waals surface area contributed by atoms with Gasteiger partial charge in [-0.25, -0.2) is 0 Å². The fourth-order valence-electron chi connectivity index (χ4n) is 2.90. The van der Waals surface area contributed by atoms with Crippen molar-refractivity contribution >= 4 is 0 Å². The molecule has 0 amide bonds. The van der Waals surface area contributed by atoms with Gasteiger partial charge in [0, 0.05) is 31.9 Å². The predicted octanol–water partition coefficient (Wildman–Crippen LogP) is 1.46. The van der Waals surface area contributed by atoms with Crippen LogP contribution in [0.3, 0.4) is 0 Å². The summed E-state index contributed by atoms with van der Waals surface area (Å²) in [7, 11) is 1.98. The number of hydrogen-bond donors (Lipinski definition) is 1. The van der Waals surface area contributed by atoms with Crippen molar-refractivity contribution in [1.82, 2.24) is 14.7 Å². The third kappa shape index (κ3) is 2.53. The van der Waals surface area contributed by atoms with Gasteiger partial charge in [-0.05, 0) is 25.8 Å². The van der Waals surface area contributed by atoms with E-state index in [1.165, 1.54) is 31.5 Å². The van der Waals surface area contributed by atoms with Crippen LogP contribution in [0.25, 0.3) is 0 Å². The lowest BCUT2D eigenvalue weighted by Gasteiger charge is -2.26. The maximum absolute atomic E-state index is 5.97. The van der Waals surface area contributed by atoms with E-state index >= 15 is 0 Å². The zero-order valence-electron chi connectivity index (χ0n) is 11.2. The molecule has 2 N–H and O–H groups in total. The molecular weight excluding hydrogens is 212 g/mol. The highest BCUT2D eigenvalue weighted by Gasteiger charge is 2.29. The first-order valence-electron chi connectivity index (χ1n) is 6.60. The molecule has 17 heavy (non-hydrogen) atoms. The van der Waals surface area contributed by atoms with E-state index < -0.39 is 0 Å². The Hall–Kier alpha value is -0.870. The van der Waals surface area contributed by atoms with Crippen molar-refractivity contribution in [2.45, 2.75) is 32.7 Å². The molecule has 2 atom stereocenters. The SMILES string of the molecule is CCC1CCN(C(CN)c2cn(C)nc2C)C1. The van der Waals surface area contributed by atoms with Crippen molar-refractivity contribution in [3.05, 3.63) is 17.5 Å². The fraction of sp³-hybridized carbons (Fsp3) is 0.769. The summed E-state index contributed by atoms with van der Waals surface area (Å²) in [6.07, 6.45) is 4.71. The van der Waals surface area contributed by atoms with Crippen molar-refractivity contribution in [3.63, 3.8) is 0 Å². The molecule has 0 aromatic carbocycles. The third-order valence-electron chi connectivity index (χ3n) is 3.97. The van der Waals surface area contributed by atoms with Gasteiger partial charge in [-0.2, -0.15) is 5.10 Å². The van der Waals surface area contributed by atoms with Gasteiger partial charge < -0.3 is 5.73 Å². The van der Waals surface area contributed by atoms with E-state index in [-0.39, 0.29) is 0 Å². The van der Waals surface area contributed by atoms with Crippen LogP contribution in [0.15, 0.2) is 6.20 Å². The molecule has 96 valence electrons. The van der Waals surface area contributed by atoms with E-state index in [1.807, 2.05) is 11.7 Å². The second-order valence-electron chi connectivity index (χ2n) is 5.15. The summed E-state index contributed by atoms with van der Waals surface area (Å²) in [6, 6.07) is 0.347. The summed E-state index contributed by atoms with van der Waals surface area (Å²) in [5, 5.41) is 4.42. The Morgan fingerprint density at radius 2 is 2.35 bits per heavy atom. The average molecular weight is 236 g/mol. The van der Waals surface area contributed by atoms with Crippen LogP contribution in [0.4, 0.5) is 0 Å². The maximum atomic E-state index is 5.97. The van der Waals surface area contributed by atoms with Gasteiger partial charge in [0.15, 0.2) is 0 Å². The summed E-state index contributed by atoms with van der Waals surface area (Å²) in [4.78, 5) is 2.53. The normalized spacial score (nSPS) is 23.2. The van der Waals surface area contributed by atoms with E-state index in [1.54, 1.807) is 0 Å². The van der Waals surface area contributed by atoms with Gasteiger partial charge in [-0.1, -0.05) is 13.3 Å². The summed E-state index contributed by atoms with van der Waals surface area (Å²) >= 11 is 0. The lowest BCUT2D eigenvalue weighted by atomic mass is 10.1. The minimum absolute atomic E-state index is 0.347. The highest BCUT2D eigenvalue weighted by molar-refractivity contribution is 5.21. The first-order chi connectivity index (χ1) is 8.15. The molecule has 0 saturated carbocycles. The second-order valence-corrected chi connectivity index (χ2v) is 5.15. The molecule has 0 aliphatic carbocycles. The van der Waals surface area contributed by atoms with Gasteiger partial charge in [0.2, 0.25) is 0 Å². The van der Waals surface area contributed by atoms with Crippen molar-refractivity contribution in [2.75, 3.05) is 19.6 Å². The van der Waals surface area contributed by atoms with E-state index in [0.717, 1.165) is 11.6 Å². The highest BCUT2D eigenvalue weighted by atomic mass is 15.3. The standard InChI is InChI=1S/C13H24N4/c1-4-11-5-6-17(8-11)13(7-14)12-9-16(3)15-10(12)2/h9,11,13H,4-8,14H2,1-3H3. The van der Waals surface area contributed by atoms with Gasteiger partial charge in [0.25, 0.3) is 0 Å². The summed E-state index contributed by atoms with van der Waals surface area (Å²) < 4.78 is 1.89. The summed E-state index contributed by atoms with van der Waals surface area (Å²) in [6.45, 7) is 7.40. The Morgan fingerprint density at radius 3 is 2.82 bits per heavy atom. The third-order valence-corrected chi connectivity index (χ3v) is 3.97. The Labute approximate surface area is 104 Å². The van der Waals surface area contributed by atoms with Crippen molar-refractivity contribution in [1.29, 1.82) is 0 Å². The van der Waals surface area contributed by atoms with Crippen LogP contribution in [0, 0.1) is 12.8 Å². The number of rotatable bonds is 4. The topological polar surface area (TPSA) is 47.1 Å². The van der Waals surface area contributed by atoms with Crippen LogP contribution in [-0.2, 0) is 7.05 Å². The van der Waals surface area contributed by atoms with Crippen LogP contribution in [0.2, 0.25) is 0 Å². The smallest absolute Gasteiger partial charge is 0.0641 e. The Bertz CT molecular complexity index is 371. The van der Waals surface area contributed by atoms with Crippen LogP contribution < -0.4 is 5.73 Å². The number of nitrogens with two attached hydrogens (primary N) is 1. The van der Waals surface area contributed by atoms with Gasteiger partial charge in [-0.15, -0.1) is 0 Å². The van der Waals surface area contributed by atoms with Crippen LogP contribution in [0.1, 0.15) is 37.1 Å². The summed E-state index contributed by atoms with van der Waals surface area (Å²) in [5.41, 5.74) is 8.38. The maximum Gasteiger partial charge on any atom is 0.0641 e. The molecule has 2 rings (SSSR count). The molecule has 1 aliphatic rings. The van der Waals surface area contributed by atoms with E-state index in [4.69, 9.17) is 5.73 Å². The zero-order chi connectivity index (χ0) is 12.4. The predicted molar refractivity (Wildman–Crippen MR) is 69.7 cm³/mol. The van der Waals surface area contributed by atoms with Crippen LogP contribution >= 0.6 is 0 Å². The van der Waals surface area contributed by atoms with Crippen molar-refractivity contribution in [3.8, 4) is 0 Å². The largest absolute Gasteiger partial charge is 0.329 e. The molecule has 1 saturated heterocycles. The molecule has 2 unspecified atom stereocenters. The zero-order valence-corrected chi connectivity index (χ0v) is 11.2. The highest BCUT2D eigenvalue weighted by Crippen LogP contribution is 2.29. The number of hydrogen-bond acceptors (Lipinski definition) is 3. The lowest BCUT2D eigenvalue weighted by Crippen LogP contribution is -2.32. The molecule has 2 heterocycles. The van der Waals surface area contributed by atoms with Gasteiger partial charge in [0.05, 0.1) is 11.7 Å². The molecule has 0 radical (unpaired) electrons. The van der Waals surface area contributed by atoms with Gasteiger partial charge >= 0.3 is 0 Å². The molecule has 1 aromatic rings. The Kier molecular flexibility index (Phi) is 3.84. The molecule has 1 aromatic heterocycles. The number of aryl methyl sites for hydroxylation is 2. The minimum atomic E-state index is 0.347. The van der Waals surface area contributed by atoms with E-state index in [2.05, 4.69) is 30.0 Å². The fourth-order valence-corrected chi connectivity index (χ4v) is 2.90.